The largest absolute Gasteiger partial charge is 0.416 e. The van der Waals surface area contributed by atoms with Gasteiger partial charge in [-0.3, -0.25) is 9.67 Å². The van der Waals surface area contributed by atoms with Gasteiger partial charge < -0.3 is 15.0 Å². The standard InChI is InChI=1S/C21H28F3N5O/c1-15(16-5-4-6-18(11-16)21(22,23)24)7-8-26-20(25-2)29-9-10-30-19(14-29)17-12-27-28(3)13-17/h4-6,11-13,15,19H,7-10,14H2,1-3H3,(H,25,26). The summed E-state index contributed by atoms with van der Waals surface area (Å²) in [4.78, 5) is 6.50. The van der Waals surface area contributed by atoms with E-state index >= 15 is 0 Å². The van der Waals surface area contributed by atoms with Crippen LogP contribution in [-0.2, 0) is 18.0 Å². The van der Waals surface area contributed by atoms with Gasteiger partial charge in [0.05, 0.1) is 24.9 Å². The summed E-state index contributed by atoms with van der Waals surface area (Å²) in [5, 5.41) is 7.54. The maximum absolute atomic E-state index is 12.9. The van der Waals surface area contributed by atoms with Gasteiger partial charge in [0.2, 0.25) is 0 Å². The first-order chi connectivity index (χ1) is 14.3. The number of aromatic nitrogens is 2. The van der Waals surface area contributed by atoms with E-state index in [0.717, 1.165) is 24.1 Å². The van der Waals surface area contributed by atoms with Crippen LogP contribution in [0.1, 0.15) is 42.1 Å². The molecule has 2 unspecified atom stereocenters. The second kappa shape index (κ2) is 9.51. The van der Waals surface area contributed by atoms with Crippen molar-refractivity contribution in [3.8, 4) is 0 Å². The molecule has 0 amide bonds. The third kappa shape index (κ3) is 5.53. The Morgan fingerprint density at radius 2 is 2.20 bits per heavy atom. The summed E-state index contributed by atoms with van der Waals surface area (Å²) >= 11 is 0. The molecular weight excluding hydrogens is 395 g/mol. The number of guanidine groups is 1. The first-order valence-corrected chi connectivity index (χ1v) is 10.0. The Morgan fingerprint density at radius 1 is 1.40 bits per heavy atom. The van der Waals surface area contributed by atoms with Crippen molar-refractivity contribution in [1.82, 2.24) is 20.0 Å². The quantitative estimate of drug-likeness (QED) is 0.590. The number of ether oxygens (including phenoxy) is 1. The zero-order valence-corrected chi connectivity index (χ0v) is 17.5. The van der Waals surface area contributed by atoms with Crippen LogP contribution >= 0.6 is 0 Å². The minimum atomic E-state index is -4.32. The normalized spacial score (nSPS) is 19.1. The van der Waals surface area contributed by atoms with E-state index in [-0.39, 0.29) is 12.0 Å². The smallest absolute Gasteiger partial charge is 0.370 e. The average molecular weight is 423 g/mol. The zero-order valence-electron chi connectivity index (χ0n) is 17.5. The van der Waals surface area contributed by atoms with Crippen LogP contribution in [0.2, 0.25) is 0 Å². The molecular formula is C21H28F3N5O. The van der Waals surface area contributed by atoms with E-state index in [4.69, 9.17) is 4.74 Å². The van der Waals surface area contributed by atoms with Crippen LogP contribution in [0.4, 0.5) is 13.2 Å². The monoisotopic (exact) mass is 423 g/mol. The van der Waals surface area contributed by atoms with Crippen LogP contribution in [-0.4, -0.2) is 53.9 Å². The fourth-order valence-corrected chi connectivity index (χ4v) is 3.57. The highest BCUT2D eigenvalue weighted by Gasteiger charge is 2.30. The SMILES string of the molecule is CN=C(NCCC(C)c1cccc(C(F)(F)F)c1)N1CCOC(c2cnn(C)c2)C1. The number of aryl methyl sites for hydroxylation is 1. The number of nitrogens with one attached hydrogen (secondary N) is 1. The van der Waals surface area contributed by atoms with E-state index < -0.39 is 11.7 Å². The number of hydrogen-bond donors (Lipinski definition) is 1. The molecule has 1 aromatic carbocycles. The first kappa shape index (κ1) is 22.1. The number of rotatable bonds is 5. The lowest BCUT2D eigenvalue weighted by Crippen LogP contribution is -2.48. The molecule has 2 heterocycles. The number of halogens is 3. The number of alkyl halides is 3. The van der Waals surface area contributed by atoms with Crippen LogP contribution in [0.15, 0.2) is 41.7 Å². The van der Waals surface area contributed by atoms with Crippen molar-refractivity contribution in [2.24, 2.45) is 12.0 Å². The molecule has 1 aromatic heterocycles. The molecule has 9 heteroatoms. The molecule has 3 rings (SSSR count). The second-order valence-corrected chi connectivity index (χ2v) is 7.54. The predicted octanol–water partition coefficient (Wildman–Crippen LogP) is 3.58. The van der Waals surface area contributed by atoms with E-state index in [2.05, 4.69) is 20.3 Å². The average Bonchev–Trinajstić information content (AvgIpc) is 3.17. The van der Waals surface area contributed by atoms with Gasteiger partial charge in [0.1, 0.15) is 6.10 Å². The Morgan fingerprint density at radius 3 is 2.87 bits per heavy atom. The van der Waals surface area contributed by atoms with Crippen LogP contribution < -0.4 is 5.32 Å². The summed E-state index contributed by atoms with van der Waals surface area (Å²) in [5.41, 5.74) is 1.10. The fraction of sp³-hybridized carbons (Fsp3) is 0.524. The minimum absolute atomic E-state index is 0.00858. The second-order valence-electron chi connectivity index (χ2n) is 7.54. The van der Waals surface area contributed by atoms with Crippen LogP contribution in [0, 0.1) is 0 Å². The summed E-state index contributed by atoms with van der Waals surface area (Å²) in [6.07, 6.45) is 0.0471. The van der Waals surface area contributed by atoms with Crippen molar-refractivity contribution >= 4 is 5.96 Å². The van der Waals surface area contributed by atoms with Gasteiger partial charge in [0.25, 0.3) is 0 Å². The van der Waals surface area contributed by atoms with E-state index in [1.807, 2.05) is 20.2 Å². The Labute approximate surface area is 174 Å². The topological polar surface area (TPSA) is 54.7 Å². The number of aliphatic imine (C=N–C) groups is 1. The molecule has 0 aliphatic carbocycles. The Balaban J connectivity index is 1.54. The summed E-state index contributed by atoms with van der Waals surface area (Å²) in [6.45, 7) is 4.52. The zero-order chi connectivity index (χ0) is 21.7. The van der Waals surface area contributed by atoms with E-state index in [9.17, 15) is 13.2 Å². The molecule has 1 aliphatic rings. The van der Waals surface area contributed by atoms with Crippen molar-refractivity contribution in [1.29, 1.82) is 0 Å². The van der Waals surface area contributed by atoms with Gasteiger partial charge in [0.15, 0.2) is 5.96 Å². The molecule has 0 bridgehead atoms. The highest BCUT2D eigenvalue weighted by molar-refractivity contribution is 5.80. The van der Waals surface area contributed by atoms with Crippen LogP contribution in [0.5, 0.6) is 0 Å². The third-order valence-corrected chi connectivity index (χ3v) is 5.32. The Bertz CT molecular complexity index is 864. The molecule has 2 aromatic rings. The van der Waals surface area contributed by atoms with Crippen LogP contribution in [0.3, 0.4) is 0 Å². The molecule has 0 saturated carbocycles. The van der Waals surface area contributed by atoms with Crippen molar-refractivity contribution in [3.05, 3.63) is 53.3 Å². The van der Waals surface area contributed by atoms with Gasteiger partial charge >= 0.3 is 6.18 Å². The van der Waals surface area contributed by atoms with Gasteiger partial charge in [-0.2, -0.15) is 18.3 Å². The molecule has 6 nitrogen and oxygen atoms in total. The fourth-order valence-electron chi connectivity index (χ4n) is 3.57. The van der Waals surface area contributed by atoms with Crippen molar-refractivity contribution in [3.63, 3.8) is 0 Å². The summed E-state index contributed by atoms with van der Waals surface area (Å²) in [7, 11) is 3.60. The summed E-state index contributed by atoms with van der Waals surface area (Å²) in [5.74, 6) is 0.758. The molecule has 1 fully saturated rings. The molecule has 30 heavy (non-hydrogen) atoms. The summed E-state index contributed by atoms with van der Waals surface area (Å²) in [6, 6.07) is 5.55. The third-order valence-electron chi connectivity index (χ3n) is 5.32. The highest BCUT2D eigenvalue weighted by atomic mass is 19.4. The lowest BCUT2D eigenvalue weighted by Gasteiger charge is -2.34. The van der Waals surface area contributed by atoms with Gasteiger partial charge in [-0.15, -0.1) is 0 Å². The predicted molar refractivity (Wildman–Crippen MR) is 109 cm³/mol. The van der Waals surface area contributed by atoms with Crippen molar-refractivity contribution in [2.75, 3.05) is 33.3 Å². The van der Waals surface area contributed by atoms with Gasteiger partial charge in [-0.05, 0) is 24.0 Å². The van der Waals surface area contributed by atoms with E-state index in [1.165, 1.54) is 12.1 Å². The maximum atomic E-state index is 12.9. The lowest BCUT2D eigenvalue weighted by molar-refractivity contribution is -0.137. The molecule has 2 atom stereocenters. The maximum Gasteiger partial charge on any atom is 0.416 e. The molecule has 1 N–H and O–H groups in total. The molecule has 1 aliphatic heterocycles. The number of morpholine rings is 1. The number of nitrogens with zero attached hydrogens (tertiary/aromatic N) is 4. The van der Waals surface area contributed by atoms with Crippen molar-refractivity contribution < 1.29 is 17.9 Å². The number of hydrogen-bond acceptors (Lipinski definition) is 3. The summed E-state index contributed by atoms with van der Waals surface area (Å²) < 4.78 is 46.5. The van der Waals surface area contributed by atoms with Gasteiger partial charge in [-0.25, -0.2) is 0 Å². The minimum Gasteiger partial charge on any atom is -0.370 e. The Hall–Kier alpha value is -2.55. The first-order valence-electron chi connectivity index (χ1n) is 10.0. The van der Waals surface area contributed by atoms with Gasteiger partial charge in [0, 0.05) is 38.9 Å². The molecule has 1 saturated heterocycles. The number of benzene rings is 1. The van der Waals surface area contributed by atoms with E-state index in [0.29, 0.717) is 31.7 Å². The molecule has 164 valence electrons. The molecule has 0 spiro atoms. The van der Waals surface area contributed by atoms with Gasteiger partial charge in [-0.1, -0.05) is 25.1 Å². The highest BCUT2D eigenvalue weighted by Crippen LogP contribution is 2.31. The molecule has 0 radical (unpaired) electrons. The van der Waals surface area contributed by atoms with Crippen molar-refractivity contribution in [2.45, 2.75) is 31.5 Å². The van der Waals surface area contributed by atoms with E-state index in [1.54, 1.807) is 24.0 Å². The van der Waals surface area contributed by atoms with Crippen LogP contribution in [0.25, 0.3) is 0 Å². The Kier molecular flexibility index (Phi) is 7.02. The lowest BCUT2D eigenvalue weighted by atomic mass is 9.96.